The van der Waals surface area contributed by atoms with E-state index >= 15 is 0 Å². The van der Waals surface area contributed by atoms with Crippen LogP contribution in [-0.2, 0) is 17.4 Å². The van der Waals surface area contributed by atoms with Gasteiger partial charge in [0.1, 0.15) is 5.82 Å². The van der Waals surface area contributed by atoms with Crippen molar-refractivity contribution in [2.75, 3.05) is 18.4 Å². The van der Waals surface area contributed by atoms with Gasteiger partial charge >= 0.3 is 0 Å². The van der Waals surface area contributed by atoms with Crippen molar-refractivity contribution in [2.45, 2.75) is 31.2 Å². The predicted octanol–water partition coefficient (Wildman–Crippen LogP) is 7.22. The topological polar surface area (TPSA) is 39.1 Å². The van der Waals surface area contributed by atoms with Crippen LogP contribution in [0.4, 0.5) is 15.8 Å². The molecule has 1 saturated heterocycles. The zero-order valence-corrected chi connectivity index (χ0v) is 21.3. The van der Waals surface area contributed by atoms with Gasteiger partial charge in [0.25, 0.3) is 0 Å². The molecule has 2 fully saturated rings. The Balaban J connectivity index is 1.40. The molecule has 3 nitrogen and oxygen atoms in total. The lowest BCUT2D eigenvalue weighted by molar-refractivity contribution is 0.260. The third kappa shape index (κ3) is 3.79. The summed E-state index contributed by atoms with van der Waals surface area (Å²) < 4.78 is 13.4. The van der Waals surface area contributed by atoms with Crippen molar-refractivity contribution in [2.24, 2.45) is 5.92 Å². The third-order valence-corrected chi connectivity index (χ3v) is 8.83. The second-order valence-corrected chi connectivity index (χ2v) is 10.8. The summed E-state index contributed by atoms with van der Waals surface area (Å²) in [5.41, 5.74) is 7.85. The molecule has 1 unspecified atom stereocenters. The molecule has 4 aromatic rings. The Bertz CT molecular complexity index is 1430. The summed E-state index contributed by atoms with van der Waals surface area (Å²) >= 11 is 0. The minimum atomic E-state index is -0.260. The molecule has 1 heterocycles. The Labute approximate surface area is 218 Å². The number of nitrogens with one attached hydrogen (secondary N) is 2. The fourth-order valence-electron chi connectivity index (χ4n) is 6.96. The van der Waals surface area contributed by atoms with Crippen molar-refractivity contribution in [3.63, 3.8) is 0 Å². The molecule has 0 amide bonds. The SMILES string of the molecule is Cc1cc(Nc2ccc(F)cc2)c(C=N)cc1[C@@]12CN(Cc3ccccc3)CC1[C@]2(C)c1ccccc1. The number of fused-ring (bicyclic) bond motifs is 1. The number of nitrogens with zero attached hydrogens (tertiary/aromatic N) is 1. The van der Waals surface area contributed by atoms with E-state index in [0.29, 0.717) is 5.92 Å². The zero-order valence-electron chi connectivity index (χ0n) is 21.3. The summed E-state index contributed by atoms with van der Waals surface area (Å²) in [5.74, 6) is 0.240. The minimum absolute atomic E-state index is 0.0145. The summed E-state index contributed by atoms with van der Waals surface area (Å²) in [4.78, 5) is 2.60. The van der Waals surface area contributed by atoms with Crippen LogP contribution in [0.5, 0.6) is 0 Å². The van der Waals surface area contributed by atoms with Crippen LogP contribution < -0.4 is 5.32 Å². The number of piperidine rings is 1. The molecular weight excluding hydrogens is 457 g/mol. The molecule has 2 N–H and O–H groups in total. The van der Waals surface area contributed by atoms with E-state index in [2.05, 4.69) is 96.9 Å². The van der Waals surface area contributed by atoms with E-state index in [-0.39, 0.29) is 16.6 Å². The first-order valence-electron chi connectivity index (χ1n) is 13.0. The van der Waals surface area contributed by atoms with Crippen molar-refractivity contribution in [1.82, 2.24) is 4.90 Å². The van der Waals surface area contributed by atoms with Crippen LogP contribution in [0, 0.1) is 24.1 Å². The van der Waals surface area contributed by atoms with Gasteiger partial charge in [0.05, 0.1) is 0 Å². The predicted molar refractivity (Wildman–Crippen MR) is 149 cm³/mol. The first-order chi connectivity index (χ1) is 18.0. The Morgan fingerprint density at radius 3 is 2.32 bits per heavy atom. The van der Waals surface area contributed by atoms with Crippen LogP contribution in [0.25, 0.3) is 0 Å². The Hall–Kier alpha value is -3.76. The average molecular weight is 490 g/mol. The second-order valence-electron chi connectivity index (χ2n) is 10.8. The molecule has 37 heavy (non-hydrogen) atoms. The maximum Gasteiger partial charge on any atom is 0.123 e. The first-order valence-corrected chi connectivity index (χ1v) is 13.0. The van der Waals surface area contributed by atoms with Crippen molar-refractivity contribution in [3.8, 4) is 0 Å². The van der Waals surface area contributed by atoms with E-state index in [0.717, 1.165) is 36.6 Å². The number of anilines is 2. The number of hydrogen-bond acceptors (Lipinski definition) is 3. The first kappa shape index (κ1) is 23.6. The molecule has 0 aromatic heterocycles. The molecule has 1 aliphatic heterocycles. The van der Waals surface area contributed by atoms with Crippen molar-refractivity contribution >= 4 is 17.6 Å². The molecule has 6 rings (SSSR count). The quantitative estimate of drug-likeness (QED) is 0.269. The lowest BCUT2D eigenvalue weighted by Gasteiger charge is -2.31. The molecule has 186 valence electrons. The van der Waals surface area contributed by atoms with E-state index in [1.54, 1.807) is 12.1 Å². The van der Waals surface area contributed by atoms with Gasteiger partial charge in [0.2, 0.25) is 0 Å². The molecule has 0 bridgehead atoms. The van der Waals surface area contributed by atoms with E-state index in [1.807, 2.05) is 0 Å². The van der Waals surface area contributed by atoms with Crippen molar-refractivity contribution in [1.29, 1.82) is 5.41 Å². The summed E-state index contributed by atoms with van der Waals surface area (Å²) in [6.07, 6.45) is 1.43. The largest absolute Gasteiger partial charge is 0.355 e. The molecule has 2 aliphatic rings. The molecule has 4 aromatic carbocycles. The zero-order chi connectivity index (χ0) is 25.6. The monoisotopic (exact) mass is 489 g/mol. The number of likely N-dealkylation sites (tertiary alicyclic amines) is 1. The molecule has 3 atom stereocenters. The van der Waals surface area contributed by atoms with Crippen LogP contribution in [0.3, 0.4) is 0 Å². The summed E-state index contributed by atoms with van der Waals surface area (Å²) in [5, 5.41) is 11.6. The Morgan fingerprint density at radius 2 is 1.65 bits per heavy atom. The summed E-state index contributed by atoms with van der Waals surface area (Å²) in [6.45, 7) is 7.61. The molecule has 0 radical (unpaired) electrons. The van der Waals surface area contributed by atoms with Gasteiger partial charge in [-0.1, -0.05) is 67.6 Å². The van der Waals surface area contributed by atoms with E-state index < -0.39 is 0 Å². The summed E-state index contributed by atoms with van der Waals surface area (Å²) in [7, 11) is 0. The molecule has 1 aliphatic carbocycles. The second kappa shape index (κ2) is 8.97. The number of aryl methyl sites for hydroxylation is 1. The highest BCUT2D eigenvalue weighted by atomic mass is 19.1. The van der Waals surface area contributed by atoms with Gasteiger partial charge in [-0.25, -0.2) is 4.39 Å². The van der Waals surface area contributed by atoms with E-state index in [1.165, 1.54) is 40.6 Å². The standard InChI is InChI=1S/C33H32FN3/c1-23-17-30(36-28-15-13-27(34)14-16-28)25(19-35)18-29(23)33-22-37(20-24-9-5-3-6-10-24)21-31(33)32(33,2)26-11-7-4-8-12-26/h3-19,31,35-36H,20-22H2,1-2H3/t31?,32-,33-/m0/s1. The maximum absolute atomic E-state index is 13.4. The fourth-order valence-corrected chi connectivity index (χ4v) is 6.96. The van der Waals surface area contributed by atoms with Crippen LogP contribution in [0.1, 0.15) is 34.7 Å². The average Bonchev–Trinajstić information content (AvgIpc) is 3.20. The van der Waals surface area contributed by atoms with Gasteiger partial charge < -0.3 is 10.7 Å². The highest BCUT2D eigenvalue weighted by Gasteiger charge is 2.78. The highest BCUT2D eigenvalue weighted by molar-refractivity contribution is 5.88. The number of benzene rings is 4. The molecular formula is C33H32FN3. The lowest BCUT2D eigenvalue weighted by Crippen LogP contribution is -2.35. The van der Waals surface area contributed by atoms with Gasteiger partial charge in [-0.05, 0) is 71.5 Å². The Morgan fingerprint density at radius 1 is 0.973 bits per heavy atom. The Kier molecular flexibility index (Phi) is 5.73. The van der Waals surface area contributed by atoms with Crippen LogP contribution in [-0.4, -0.2) is 24.2 Å². The van der Waals surface area contributed by atoms with Crippen molar-refractivity contribution in [3.05, 3.63) is 131 Å². The van der Waals surface area contributed by atoms with Gasteiger partial charge in [-0.15, -0.1) is 0 Å². The maximum atomic E-state index is 13.4. The van der Waals surface area contributed by atoms with Gasteiger partial charge in [0, 0.05) is 53.6 Å². The van der Waals surface area contributed by atoms with Crippen molar-refractivity contribution < 1.29 is 4.39 Å². The van der Waals surface area contributed by atoms with Crippen LogP contribution >= 0.6 is 0 Å². The summed E-state index contributed by atoms with van der Waals surface area (Å²) in [6, 6.07) is 32.4. The number of halogens is 1. The molecule has 1 saturated carbocycles. The van der Waals surface area contributed by atoms with Gasteiger partial charge in [0.15, 0.2) is 0 Å². The fraction of sp³-hybridized carbons (Fsp3) is 0.242. The van der Waals surface area contributed by atoms with E-state index in [9.17, 15) is 4.39 Å². The third-order valence-electron chi connectivity index (χ3n) is 8.83. The highest BCUT2D eigenvalue weighted by Crippen LogP contribution is 2.73. The number of rotatable bonds is 7. The smallest absolute Gasteiger partial charge is 0.123 e. The number of hydrogen-bond donors (Lipinski definition) is 2. The van der Waals surface area contributed by atoms with Crippen LogP contribution in [0.15, 0.2) is 97.1 Å². The van der Waals surface area contributed by atoms with E-state index in [4.69, 9.17) is 5.41 Å². The van der Waals surface area contributed by atoms with Gasteiger partial charge in [-0.2, -0.15) is 0 Å². The van der Waals surface area contributed by atoms with Gasteiger partial charge in [-0.3, -0.25) is 4.90 Å². The lowest BCUT2D eigenvalue weighted by atomic mass is 9.80. The molecule has 4 heteroatoms. The minimum Gasteiger partial charge on any atom is -0.355 e. The molecule has 0 spiro atoms. The van der Waals surface area contributed by atoms with Crippen LogP contribution in [0.2, 0.25) is 0 Å². The normalized spacial score (nSPS) is 24.5.